The van der Waals surface area contributed by atoms with E-state index in [0.29, 0.717) is 28.6 Å². The number of aryl methyl sites for hydroxylation is 1. The number of nitrogens with one attached hydrogen (secondary N) is 1. The van der Waals surface area contributed by atoms with Gasteiger partial charge in [-0.15, -0.1) is 0 Å². The average molecular weight is 498 g/mol. The first-order valence-electron chi connectivity index (χ1n) is 12.0. The van der Waals surface area contributed by atoms with E-state index in [1.54, 1.807) is 28.4 Å². The second-order valence-corrected chi connectivity index (χ2v) is 9.23. The van der Waals surface area contributed by atoms with Crippen molar-refractivity contribution in [1.82, 2.24) is 0 Å². The zero-order valence-corrected chi connectivity index (χ0v) is 21.4. The number of carbonyl (C=O) groups excluding carboxylic acids is 1. The average Bonchev–Trinajstić information content (AvgIpc) is 3.31. The zero-order valence-electron chi connectivity index (χ0n) is 21.4. The Morgan fingerprint density at radius 2 is 1.27 bits per heavy atom. The summed E-state index contributed by atoms with van der Waals surface area (Å²) in [5.41, 5.74) is 5.44. The third-order valence-electron chi connectivity index (χ3n) is 7.32. The SMILES string of the molecule is COc1cc2c3c(c4cc(OC)c(OC)cc4c2cc1OC)C(c1ccc(C)cc1)C1=C(COC1=O)N3. The molecule has 7 heteroatoms. The topological polar surface area (TPSA) is 75.2 Å². The lowest BCUT2D eigenvalue weighted by molar-refractivity contribution is -0.136. The molecule has 1 N–H and O–H groups in total. The van der Waals surface area contributed by atoms with Gasteiger partial charge in [-0.05, 0) is 58.5 Å². The molecule has 6 rings (SSSR count). The highest BCUT2D eigenvalue weighted by Crippen LogP contribution is 2.53. The van der Waals surface area contributed by atoms with Crippen LogP contribution in [0.15, 0.2) is 59.8 Å². The van der Waals surface area contributed by atoms with Crippen LogP contribution in [0.25, 0.3) is 21.5 Å². The molecule has 4 aromatic carbocycles. The van der Waals surface area contributed by atoms with Gasteiger partial charge in [0.15, 0.2) is 23.0 Å². The molecule has 0 spiro atoms. The molecule has 0 fully saturated rings. The molecule has 4 aromatic rings. The molecular formula is C30H27NO6. The molecule has 37 heavy (non-hydrogen) atoms. The van der Waals surface area contributed by atoms with Gasteiger partial charge in [0.05, 0.1) is 45.4 Å². The van der Waals surface area contributed by atoms with Gasteiger partial charge in [0.1, 0.15) is 6.61 Å². The van der Waals surface area contributed by atoms with Crippen LogP contribution in [0, 0.1) is 6.92 Å². The fourth-order valence-electron chi connectivity index (χ4n) is 5.55. The Morgan fingerprint density at radius 1 is 0.757 bits per heavy atom. The van der Waals surface area contributed by atoms with Gasteiger partial charge in [0, 0.05) is 11.3 Å². The van der Waals surface area contributed by atoms with Crippen LogP contribution in [0.4, 0.5) is 5.69 Å². The lowest BCUT2D eigenvalue weighted by atomic mass is 9.77. The van der Waals surface area contributed by atoms with Crippen molar-refractivity contribution in [1.29, 1.82) is 0 Å². The van der Waals surface area contributed by atoms with Gasteiger partial charge in [-0.25, -0.2) is 4.79 Å². The second kappa shape index (κ2) is 8.62. The highest BCUT2D eigenvalue weighted by molar-refractivity contribution is 6.19. The molecule has 0 saturated carbocycles. The number of methoxy groups -OCH3 is 4. The van der Waals surface area contributed by atoms with Crippen molar-refractivity contribution >= 4 is 33.2 Å². The predicted molar refractivity (Wildman–Crippen MR) is 142 cm³/mol. The van der Waals surface area contributed by atoms with Crippen LogP contribution in [0.2, 0.25) is 0 Å². The lowest BCUT2D eigenvalue weighted by Crippen LogP contribution is -2.20. The van der Waals surface area contributed by atoms with Crippen molar-refractivity contribution in [2.45, 2.75) is 12.8 Å². The molecule has 1 atom stereocenters. The number of carbonyl (C=O) groups is 1. The van der Waals surface area contributed by atoms with Crippen molar-refractivity contribution in [3.8, 4) is 23.0 Å². The van der Waals surface area contributed by atoms with Gasteiger partial charge >= 0.3 is 5.97 Å². The number of cyclic esters (lactones) is 1. The number of ether oxygens (including phenoxy) is 5. The molecule has 0 aromatic heterocycles. The maximum atomic E-state index is 13.1. The molecule has 0 aliphatic carbocycles. The summed E-state index contributed by atoms with van der Waals surface area (Å²) >= 11 is 0. The minimum absolute atomic E-state index is 0.203. The van der Waals surface area contributed by atoms with Gasteiger partial charge in [0.25, 0.3) is 0 Å². The molecule has 2 heterocycles. The molecular weight excluding hydrogens is 470 g/mol. The predicted octanol–water partition coefficient (Wildman–Crippen LogP) is 5.70. The van der Waals surface area contributed by atoms with Crippen LogP contribution in [0.1, 0.15) is 22.6 Å². The number of esters is 1. The van der Waals surface area contributed by atoms with E-state index in [-0.39, 0.29) is 18.5 Å². The highest BCUT2D eigenvalue weighted by atomic mass is 16.5. The number of hydrogen-bond acceptors (Lipinski definition) is 7. The van der Waals surface area contributed by atoms with E-state index < -0.39 is 0 Å². The van der Waals surface area contributed by atoms with E-state index in [0.717, 1.165) is 49.6 Å². The summed E-state index contributed by atoms with van der Waals surface area (Å²) in [7, 11) is 6.49. The smallest absolute Gasteiger partial charge is 0.337 e. The molecule has 7 nitrogen and oxygen atoms in total. The minimum Gasteiger partial charge on any atom is -0.493 e. The first kappa shape index (κ1) is 23.0. The van der Waals surface area contributed by atoms with E-state index in [9.17, 15) is 4.79 Å². The Kier molecular flexibility index (Phi) is 5.37. The summed E-state index contributed by atoms with van der Waals surface area (Å²) in [6.07, 6.45) is 0. The number of anilines is 1. The van der Waals surface area contributed by atoms with Crippen LogP contribution in [-0.2, 0) is 9.53 Å². The fourth-order valence-corrected chi connectivity index (χ4v) is 5.55. The molecule has 0 amide bonds. The lowest BCUT2D eigenvalue weighted by Gasteiger charge is -2.31. The van der Waals surface area contributed by atoms with Gasteiger partial charge < -0.3 is 29.0 Å². The summed E-state index contributed by atoms with van der Waals surface area (Å²) in [6.45, 7) is 2.25. The van der Waals surface area contributed by atoms with Crippen molar-refractivity contribution in [3.63, 3.8) is 0 Å². The van der Waals surface area contributed by atoms with Gasteiger partial charge in [-0.3, -0.25) is 0 Å². The van der Waals surface area contributed by atoms with E-state index in [4.69, 9.17) is 23.7 Å². The van der Waals surface area contributed by atoms with Gasteiger partial charge in [-0.1, -0.05) is 29.8 Å². The molecule has 2 aliphatic rings. The van der Waals surface area contributed by atoms with E-state index in [1.807, 2.05) is 31.2 Å². The molecule has 0 radical (unpaired) electrons. The van der Waals surface area contributed by atoms with Crippen molar-refractivity contribution in [2.75, 3.05) is 40.4 Å². The summed E-state index contributed by atoms with van der Waals surface area (Å²) < 4.78 is 28.2. The molecule has 188 valence electrons. The second-order valence-electron chi connectivity index (χ2n) is 9.23. The van der Waals surface area contributed by atoms with Crippen LogP contribution < -0.4 is 24.3 Å². The molecule has 0 bridgehead atoms. The summed E-state index contributed by atoms with van der Waals surface area (Å²) in [6, 6.07) is 16.2. The maximum Gasteiger partial charge on any atom is 0.337 e. The van der Waals surface area contributed by atoms with Crippen molar-refractivity contribution in [3.05, 3.63) is 76.5 Å². The molecule has 0 saturated heterocycles. The van der Waals surface area contributed by atoms with Crippen molar-refractivity contribution < 1.29 is 28.5 Å². The Morgan fingerprint density at radius 3 is 1.84 bits per heavy atom. The normalized spacial score (nSPS) is 16.2. The van der Waals surface area contributed by atoms with Crippen LogP contribution in [0.3, 0.4) is 0 Å². The molecule has 1 unspecified atom stereocenters. The third-order valence-corrected chi connectivity index (χ3v) is 7.32. The monoisotopic (exact) mass is 497 g/mol. The first-order valence-corrected chi connectivity index (χ1v) is 12.0. The van der Waals surface area contributed by atoms with Crippen LogP contribution >= 0.6 is 0 Å². The van der Waals surface area contributed by atoms with E-state index in [1.165, 1.54) is 0 Å². The number of hydrogen-bond donors (Lipinski definition) is 1. The van der Waals surface area contributed by atoms with Gasteiger partial charge in [0.2, 0.25) is 0 Å². The Labute approximate surface area is 214 Å². The number of rotatable bonds is 5. The van der Waals surface area contributed by atoms with E-state index >= 15 is 0 Å². The van der Waals surface area contributed by atoms with Crippen molar-refractivity contribution in [2.24, 2.45) is 0 Å². The Bertz CT molecular complexity index is 1620. The quantitative estimate of drug-likeness (QED) is 0.280. The number of benzene rings is 4. The first-order chi connectivity index (χ1) is 18.0. The molecule has 2 aliphatic heterocycles. The summed E-state index contributed by atoms with van der Waals surface area (Å²) in [5.74, 6) is 1.82. The highest BCUT2D eigenvalue weighted by Gasteiger charge is 2.40. The van der Waals surface area contributed by atoms with E-state index in [2.05, 4.69) is 29.6 Å². The maximum absolute atomic E-state index is 13.1. The largest absolute Gasteiger partial charge is 0.493 e. The Hall–Kier alpha value is -4.39. The summed E-state index contributed by atoms with van der Waals surface area (Å²) in [4.78, 5) is 13.1. The Balaban J connectivity index is 1.80. The van der Waals surface area contributed by atoms with Crippen LogP contribution in [0.5, 0.6) is 23.0 Å². The summed E-state index contributed by atoms with van der Waals surface area (Å²) in [5, 5.41) is 7.34. The standard InChI is InChI=1S/C30H27NO6/c1-15-6-8-16(9-7-15)26-27-19-12-24(35-4)22(33-2)10-17(19)18-11-23(34-3)25(36-5)13-20(18)29(27)31-21-14-37-30(32)28(21)26/h6-13,26,31H,14H2,1-5H3. The zero-order chi connectivity index (χ0) is 25.8. The van der Waals surface area contributed by atoms with Crippen LogP contribution in [-0.4, -0.2) is 41.0 Å². The minimum atomic E-state index is -0.333. The number of fused-ring (bicyclic) bond motifs is 6. The van der Waals surface area contributed by atoms with Gasteiger partial charge in [-0.2, -0.15) is 0 Å². The fraction of sp³-hybridized carbons (Fsp3) is 0.233. The third kappa shape index (κ3) is 3.38.